The molecule has 0 aliphatic rings. The molecule has 0 bridgehead atoms. The van der Waals surface area contributed by atoms with Crippen LogP contribution < -0.4 is 20.5 Å². The van der Waals surface area contributed by atoms with Crippen molar-refractivity contribution in [3.63, 3.8) is 0 Å². The molecule has 3 aromatic rings. The Morgan fingerprint density at radius 2 is 1.70 bits per heavy atom. The predicted octanol–water partition coefficient (Wildman–Crippen LogP) is 3.50. The fourth-order valence-corrected chi connectivity index (χ4v) is 4.49. The lowest BCUT2D eigenvalue weighted by atomic mass is 10.1. The molecule has 0 aliphatic heterocycles. The molecule has 8 nitrogen and oxygen atoms in total. The molecule has 0 spiro atoms. The fraction of sp³-hybridized carbons (Fsp3) is 0.130. The Balaban J connectivity index is 1.60. The molecule has 33 heavy (non-hydrogen) atoms. The number of benzene rings is 3. The van der Waals surface area contributed by atoms with Gasteiger partial charge in [-0.3, -0.25) is 9.59 Å². The van der Waals surface area contributed by atoms with Gasteiger partial charge < -0.3 is 15.8 Å². The van der Waals surface area contributed by atoms with Crippen molar-refractivity contribution in [3.05, 3.63) is 88.9 Å². The normalized spacial score (nSPS) is 12.1. The maximum absolute atomic E-state index is 12.7. The number of nitrogens with two attached hydrogens (primary N) is 1. The van der Waals surface area contributed by atoms with E-state index in [4.69, 9.17) is 22.1 Å². The highest BCUT2D eigenvalue weighted by atomic mass is 35.5. The summed E-state index contributed by atoms with van der Waals surface area (Å²) in [4.78, 5) is 23.2. The van der Waals surface area contributed by atoms with Crippen molar-refractivity contribution >= 4 is 39.1 Å². The number of hydrogen-bond donors (Lipinski definition) is 3. The van der Waals surface area contributed by atoms with Gasteiger partial charge in [0, 0.05) is 17.3 Å². The van der Waals surface area contributed by atoms with Gasteiger partial charge in [0.25, 0.3) is 5.91 Å². The third-order valence-corrected chi connectivity index (χ3v) is 6.49. The monoisotopic (exact) mass is 487 g/mol. The van der Waals surface area contributed by atoms with E-state index in [9.17, 15) is 18.0 Å². The van der Waals surface area contributed by atoms with Crippen molar-refractivity contribution in [3.8, 4) is 5.75 Å². The molecule has 0 saturated carbocycles. The van der Waals surface area contributed by atoms with Gasteiger partial charge in [0.05, 0.1) is 9.92 Å². The molecule has 3 rings (SSSR count). The van der Waals surface area contributed by atoms with E-state index in [1.807, 2.05) is 30.3 Å². The van der Waals surface area contributed by atoms with Gasteiger partial charge in [-0.2, -0.15) is 0 Å². The van der Waals surface area contributed by atoms with Crippen molar-refractivity contribution in [1.82, 2.24) is 4.72 Å². The van der Waals surface area contributed by atoms with Crippen molar-refractivity contribution in [2.24, 2.45) is 5.73 Å². The van der Waals surface area contributed by atoms with Crippen LogP contribution in [0.3, 0.4) is 0 Å². The Bertz CT molecular complexity index is 1250. The molecule has 1 atom stereocenters. The average Bonchev–Trinajstić information content (AvgIpc) is 2.79. The smallest absolute Gasteiger partial charge is 0.262 e. The molecule has 0 heterocycles. The second kappa shape index (κ2) is 10.5. The number of amides is 2. The first-order chi connectivity index (χ1) is 15.7. The quantitative estimate of drug-likeness (QED) is 0.425. The first-order valence-electron chi connectivity index (χ1n) is 9.85. The van der Waals surface area contributed by atoms with E-state index in [0.717, 1.165) is 5.56 Å². The van der Waals surface area contributed by atoms with Gasteiger partial charge in [-0.1, -0.05) is 41.9 Å². The van der Waals surface area contributed by atoms with Gasteiger partial charge in [0.1, 0.15) is 5.75 Å². The maximum Gasteiger partial charge on any atom is 0.262 e. The molecule has 0 aromatic heterocycles. The molecule has 0 radical (unpaired) electrons. The van der Waals surface area contributed by atoms with Gasteiger partial charge in [-0.05, 0) is 55.0 Å². The largest absolute Gasteiger partial charge is 0.482 e. The number of primary amides is 1. The van der Waals surface area contributed by atoms with Crippen LogP contribution in [0.1, 0.15) is 28.9 Å². The number of ether oxygens (including phenoxy) is 1. The van der Waals surface area contributed by atoms with Crippen LogP contribution in [0.4, 0.5) is 5.69 Å². The van der Waals surface area contributed by atoms with Crippen LogP contribution in [-0.2, 0) is 14.8 Å². The highest BCUT2D eigenvalue weighted by Crippen LogP contribution is 2.28. The van der Waals surface area contributed by atoms with Gasteiger partial charge in [-0.25, -0.2) is 13.1 Å². The fourth-order valence-electron chi connectivity index (χ4n) is 2.93. The number of rotatable bonds is 9. The number of carbonyl (C=O) groups is 2. The van der Waals surface area contributed by atoms with E-state index < -0.39 is 27.9 Å². The zero-order chi connectivity index (χ0) is 24.0. The van der Waals surface area contributed by atoms with Gasteiger partial charge in [0.15, 0.2) is 6.61 Å². The summed E-state index contributed by atoms with van der Waals surface area (Å²) in [6, 6.07) is 18.8. The van der Waals surface area contributed by atoms with Crippen LogP contribution in [0.15, 0.2) is 77.7 Å². The Morgan fingerprint density at radius 3 is 2.30 bits per heavy atom. The Morgan fingerprint density at radius 1 is 1.03 bits per heavy atom. The molecule has 1 unspecified atom stereocenters. The minimum Gasteiger partial charge on any atom is -0.482 e. The number of carbonyl (C=O) groups excluding carboxylic acids is 2. The summed E-state index contributed by atoms with van der Waals surface area (Å²) in [5.74, 6) is -0.875. The molecule has 172 valence electrons. The Kier molecular flexibility index (Phi) is 7.70. The molecule has 10 heteroatoms. The van der Waals surface area contributed by atoms with E-state index in [1.54, 1.807) is 6.92 Å². The molecule has 0 aliphatic carbocycles. The molecule has 2 amide bonds. The topological polar surface area (TPSA) is 128 Å². The molecular weight excluding hydrogens is 466 g/mol. The molecule has 3 aromatic carbocycles. The van der Waals surface area contributed by atoms with Gasteiger partial charge in [0.2, 0.25) is 15.9 Å². The molecular formula is C23H22ClN3O5S. The molecule has 0 fully saturated rings. The minimum atomic E-state index is -3.83. The Hall–Kier alpha value is -3.40. The second-order valence-corrected chi connectivity index (χ2v) is 9.25. The zero-order valence-electron chi connectivity index (χ0n) is 17.6. The van der Waals surface area contributed by atoms with Gasteiger partial charge >= 0.3 is 0 Å². The first-order valence-corrected chi connectivity index (χ1v) is 11.7. The number of sulfonamides is 1. The molecule has 4 N–H and O–H groups in total. The summed E-state index contributed by atoms with van der Waals surface area (Å²) in [7, 11) is -3.83. The van der Waals surface area contributed by atoms with Gasteiger partial charge in [-0.15, -0.1) is 0 Å². The van der Waals surface area contributed by atoms with Crippen molar-refractivity contribution in [1.29, 1.82) is 0 Å². The van der Waals surface area contributed by atoms with Crippen LogP contribution >= 0.6 is 11.6 Å². The number of nitrogens with one attached hydrogen (secondary N) is 2. The van der Waals surface area contributed by atoms with Crippen LogP contribution in [-0.4, -0.2) is 26.8 Å². The van der Waals surface area contributed by atoms with Crippen molar-refractivity contribution < 1.29 is 22.7 Å². The highest BCUT2D eigenvalue weighted by Gasteiger charge is 2.20. The number of hydrogen-bond acceptors (Lipinski definition) is 5. The predicted molar refractivity (Wildman–Crippen MR) is 126 cm³/mol. The van der Waals surface area contributed by atoms with E-state index in [2.05, 4.69) is 10.0 Å². The third kappa shape index (κ3) is 6.55. The SMILES string of the molecule is CC(NS(=O)(=O)c1ccc(OCC(=O)Nc2ccc(C(N)=O)cc2)c(Cl)c1)c1ccccc1. The van der Waals surface area contributed by atoms with E-state index in [-0.39, 0.29) is 22.3 Å². The van der Waals surface area contributed by atoms with E-state index in [0.29, 0.717) is 11.3 Å². The minimum absolute atomic E-state index is 0.0263. The standard InChI is InChI=1S/C23H22ClN3O5S/c1-15(16-5-3-2-4-6-16)27-33(30,31)19-11-12-21(20(24)13-19)32-14-22(28)26-18-9-7-17(8-10-18)23(25)29/h2-13,15,27H,14H2,1H3,(H2,25,29)(H,26,28). The average molecular weight is 488 g/mol. The molecule has 0 saturated heterocycles. The highest BCUT2D eigenvalue weighted by molar-refractivity contribution is 7.89. The van der Waals surface area contributed by atoms with Crippen LogP contribution in [0.2, 0.25) is 5.02 Å². The van der Waals surface area contributed by atoms with Crippen LogP contribution in [0.5, 0.6) is 5.75 Å². The number of anilines is 1. The first kappa shape index (κ1) is 24.2. The van der Waals surface area contributed by atoms with Crippen LogP contribution in [0.25, 0.3) is 0 Å². The summed E-state index contributed by atoms with van der Waals surface area (Å²) in [6.07, 6.45) is 0. The lowest BCUT2D eigenvalue weighted by Gasteiger charge is -2.15. The zero-order valence-corrected chi connectivity index (χ0v) is 19.2. The summed E-state index contributed by atoms with van der Waals surface area (Å²) in [5.41, 5.74) is 6.78. The van der Waals surface area contributed by atoms with E-state index in [1.165, 1.54) is 42.5 Å². The van der Waals surface area contributed by atoms with Crippen LogP contribution in [0, 0.1) is 0 Å². The summed E-state index contributed by atoms with van der Waals surface area (Å²) in [5, 5.41) is 2.65. The maximum atomic E-state index is 12.7. The second-order valence-electron chi connectivity index (χ2n) is 7.12. The van der Waals surface area contributed by atoms with Crippen molar-refractivity contribution in [2.45, 2.75) is 17.9 Å². The lowest BCUT2D eigenvalue weighted by Crippen LogP contribution is -2.27. The number of halogens is 1. The summed E-state index contributed by atoms with van der Waals surface area (Å²) in [6.45, 7) is 1.39. The summed E-state index contributed by atoms with van der Waals surface area (Å²) >= 11 is 6.19. The lowest BCUT2D eigenvalue weighted by molar-refractivity contribution is -0.118. The van der Waals surface area contributed by atoms with Crippen molar-refractivity contribution in [2.75, 3.05) is 11.9 Å². The Labute approximate surface area is 196 Å². The third-order valence-electron chi connectivity index (χ3n) is 4.66. The van der Waals surface area contributed by atoms with E-state index >= 15 is 0 Å². The summed E-state index contributed by atoms with van der Waals surface area (Å²) < 4.78 is 33.4.